The van der Waals surface area contributed by atoms with Crippen LogP contribution in [0.2, 0.25) is 0 Å². The van der Waals surface area contributed by atoms with Gasteiger partial charge in [-0.15, -0.1) is 0 Å². The van der Waals surface area contributed by atoms with Gasteiger partial charge in [0.15, 0.2) is 11.5 Å². The Labute approximate surface area is 128 Å². The molecule has 1 aromatic carbocycles. The third kappa shape index (κ3) is 2.31. The van der Waals surface area contributed by atoms with E-state index in [2.05, 4.69) is 0 Å². The largest absolute Gasteiger partial charge is 0.493 e. The Morgan fingerprint density at radius 3 is 2.64 bits per heavy atom. The molecule has 1 amide bonds. The van der Waals surface area contributed by atoms with Crippen molar-refractivity contribution < 1.29 is 18.7 Å². The summed E-state index contributed by atoms with van der Waals surface area (Å²) >= 11 is 0. The second-order valence-electron chi connectivity index (χ2n) is 5.14. The van der Waals surface area contributed by atoms with Gasteiger partial charge in [0.05, 0.1) is 20.5 Å². The topological polar surface area (TPSA) is 77.9 Å². The van der Waals surface area contributed by atoms with Gasteiger partial charge in [0.25, 0.3) is 0 Å². The second kappa shape index (κ2) is 5.73. The Kier molecular flexibility index (Phi) is 3.77. The molecule has 2 N–H and O–H groups in total. The number of nitrogens with two attached hydrogens (primary N) is 1. The van der Waals surface area contributed by atoms with Gasteiger partial charge in [-0.25, -0.2) is 0 Å². The van der Waals surface area contributed by atoms with Gasteiger partial charge in [0, 0.05) is 6.54 Å². The summed E-state index contributed by atoms with van der Waals surface area (Å²) < 4.78 is 15.9. The molecule has 2 atom stereocenters. The van der Waals surface area contributed by atoms with Crippen LogP contribution in [0.15, 0.2) is 41.0 Å². The smallest absolute Gasteiger partial charge is 0.243 e. The summed E-state index contributed by atoms with van der Waals surface area (Å²) in [6, 6.07) is 8.42. The molecule has 0 bridgehead atoms. The van der Waals surface area contributed by atoms with E-state index in [0.717, 1.165) is 5.56 Å². The highest BCUT2D eigenvalue weighted by atomic mass is 16.5. The fraction of sp³-hybridized carbons (Fsp3) is 0.312. The maximum absolute atomic E-state index is 12.1. The quantitative estimate of drug-likeness (QED) is 0.851. The van der Waals surface area contributed by atoms with Crippen LogP contribution in [0.3, 0.4) is 0 Å². The average molecular weight is 302 g/mol. The predicted molar refractivity (Wildman–Crippen MR) is 79.5 cm³/mol. The fourth-order valence-electron chi connectivity index (χ4n) is 2.72. The van der Waals surface area contributed by atoms with Crippen LogP contribution in [0.5, 0.6) is 11.5 Å². The van der Waals surface area contributed by atoms with Crippen molar-refractivity contribution in [2.75, 3.05) is 14.2 Å². The Morgan fingerprint density at radius 2 is 2.00 bits per heavy atom. The number of furan rings is 1. The zero-order valence-electron chi connectivity index (χ0n) is 12.5. The predicted octanol–water partition coefficient (Wildman–Crippen LogP) is 1.71. The molecular formula is C16H18N2O4. The SMILES string of the molecule is COc1ccc(CN2C(=O)[C@H](N)[C@H]2c2ccco2)cc1OC. The number of ether oxygens (including phenoxy) is 2. The average Bonchev–Trinajstić information content (AvgIpc) is 3.07. The third-order valence-electron chi connectivity index (χ3n) is 3.88. The Balaban J connectivity index is 1.81. The lowest BCUT2D eigenvalue weighted by molar-refractivity contribution is -0.151. The van der Waals surface area contributed by atoms with E-state index < -0.39 is 6.04 Å². The van der Waals surface area contributed by atoms with Gasteiger partial charge in [-0.2, -0.15) is 0 Å². The zero-order chi connectivity index (χ0) is 15.7. The fourth-order valence-corrected chi connectivity index (χ4v) is 2.72. The van der Waals surface area contributed by atoms with Crippen molar-refractivity contribution in [3.8, 4) is 11.5 Å². The first-order chi connectivity index (χ1) is 10.7. The van der Waals surface area contributed by atoms with Crippen LogP contribution in [0.4, 0.5) is 0 Å². The van der Waals surface area contributed by atoms with Gasteiger partial charge in [0.1, 0.15) is 17.8 Å². The van der Waals surface area contributed by atoms with Gasteiger partial charge in [-0.3, -0.25) is 4.79 Å². The first-order valence-corrected chi connectivity index (χ1v) is 6.96. The molecule has 2 heterocycles. The number of amides is 1. The molecule has 0 spiro atoms. The lowest BCUT2D eigenvalue weighted by Gasteiger charge is -2.44. The normalized spacial score (nSPS) is 20.7. The van der Waals surface area contributed by atoms with Crippen molar-refractivity contribution in [2.24, 2.45) is 5.73 Å². The maximum atomic E-state index is 12.1. The Hall–Kier alpha value is -2.47. The van der Waals surface area contributed by atoms with E-state index in [1.54, 1.807) is 31.4 Å². The minimum atomic E-state index is -0.550. The lowest BCUT2D eigenvalue weighted by atomic mass is 9.93. The molecule has 1 aromatic heterocycles. The molecule has 1 fully saturated rings. The van der Waals surface area contributed by atoms with Gasteiger partial charge < -0.3 is 24.5 Å². The van der Waals surface area contributed by atoms with Crippen molar-refractivity contribution in [3.05, 3.63) is 47.9 Å². The molecule has 6 nitrogen and oxygen atoms in total. The number of hydrogen-bond acceptors (Lipinski definition) is 5. The Bertz CT molecular complexity index is 669. The van der Waals surface area contributed by atoms with E-state index in [-0.39, 0.29) is 11.9 Å². The molecular weight excluding hydrogens is 284 g/mol. The maximum Gasteiger partial charge on any atom is 0.243 e. The minimum Gasteiger partial charge on any atom is -0.493 e. The van der Waals surface area contributed by atoms with Crippen LogP contribution in [0, 0.1) is 0 Å². The van der Waals surface area contributed by atoms with E-state index in [4.69, 9.17) is 19.6 Å². The highest BCUT2D eigenvalue weighted by Gasteiger charge is 2.47. The summed E-state index contributed by atoms with van der Waals surface area (Å²) in [6.07, 6.45) is 1.58. The summed E-state index contributed by atoms with van der Waals surface area (Å²) in [5.74, 6) is 1.90. The number of carbonyl (C=O) groups is 1. The van der Waals surface area contributed by atoms with E-state index in [0.29, 0.717) is 23.8 Å². The van der Waals surface area contributed by atoms with Crippen LogP contribution in [0.25, 0.3) is 0 Å². The van der Waals surface area contributed by atoms with Gasteiger partial charge in [-0.1, -0.05) is 6.07 Å². The number of carbonyl (C=O) groups excluding carboxylic acids is 1. The van der Waals surface area contributed by atoms with Crippen LogP contribution >= 0.6 is 0 Å². The third-order valence-corrected chi connectivity index (χ3v) is 3.88. The highest BCUT2D eigenvalue weighted by Crippen LogP contribution is 2.36. The van der Waals surface area contributed by atoms with Gasteiger partial charge in [0.2, 0.25) is 5.91 Å². The molecule has 22 heavy (non-hydrogen) atoms. The first-order valence-electron chi connectivity index (χ1n) is 6.96. The standard InChI is InChI=1S/C16H18N2O4/c1-20-11-6-5-10(8-13(11)21-2)9-18-15(14(17)16(18)19)12-4-3-7-22-12/h3-8,14-15H,9,17H2,1-2H3/t14-,15-/m1/s1. The zero-order valence-corrected chi connectivity index (χ0v) is 12.5. The number of nitrogens with zero attached hydrogens (tertiary/aromatic N) is 1. The molecule has 116 valence electrons. The molecule has 0 aliphatic carbocycles. The number of β-lactam (4-membered cyclic amide) rings is 1. The summed E-state index contributed by atoms with van der Waals surface area (Å²) in [5, 5.41) is 0. The summed E-state index contributed by atoms with van der Waals surface area (Å²) in [7, 11) is 3.17. The first kappa shape index (κ1) is 14.5. The van der Waals surface area contributed by atoms with Crippen molar-refractivity contribution in [2.45, 2.75) is 18.6 Å². The molecule has 1 aliphatic heterocycles. The van der Waals surface area contributed by atoms with E-state index >= 15 is 0 Å². The number of methoxy groups -OCH3 is 2. The number of likely N-dealkylation sites (tertiary alicyclic amines) is 1. The molecule has 1 saturated heterocycles. The molecule has 1 aliphatic rings. The van der Waals surface area contributed by atoms with Crippen molar-refractivity contribution in [1.29, 1.82) is 0 Å². The molecule has 3 rings (SSSR count). The van der Waals surface area contributed by atoms with Crippen molar-refractivity contribution >= 4 is 5.91 Å². The lowest BCUT2D eigenvalue weighted by Crippen LogP contribution is -2.62. The monoisotopic (exact) mass is 302 g/mol. The summed E-state index contributed by atoms with van der Waals surface area (Å²) in [4.78, 5) is 13.8. The minimum absolute atomic E-state index is 0.0869. The van der Waals surface area contributed by atoms with Crippen molar-refractivity contribution in [3.63, 3.8) is 0 Å². The Morgan fingerprint density at radius 1 is 1.23 bits per heavy atom. The number of hydrogen-bond donors (Lipinski definition) is 1. The van der Waals surface area contributed by atoms with E-state index in [9.17, 15) is 4.79 Å². The molecule has 0 saturated carbocycles. The van der Waals surface area contributed by atoms with Crippen LogP contribution in [0.1, 0.15) is 17.4 Å². The summed E-state index contributed by atoms with van der Waals surface area (Å²) in [5.41, 5.74) is 6.85. The van der Waals surface area contributed by atoms with Crippen LogP contribution < -0.4 is 15.2 Å². The highest BCUT2D eigenvalue weighted by molar-refractivity contribution is 5.89. The van der Waals surface area contributed by atoms with Crippen LogP contribution in [-0.2, 0) is 11.3 Å². The van der Waals surface area contributed by atoms with Crippen molar-refractivity contribution in [1.82, 2.24) is 4.90 Å². The van der Waals surface area contributed by atoms with Gasteiger partial charge in [-0.05, 0) is 29.8 Å². The molecule has 6 heteroatoms. The summed E-state index contributed by atoms with van der Waals surface area (Å²) in [6.45, 7) is 0.443. The van der Waals surface area contributed by atoms with Gasteiger partial charge >= 0.3 is 0 Å². The second-order valence-corrected chi connectivity index (χ2v) is 5.14. The molecule has 0 radical (unpaired) electrons. The number of rotatable bonds is 5. The number of benzene rings is 1. The van der Waals surface area contributed by atoms with E-state index in [1.807, 2.05) is 24.3 Å². The van der Waals surface area contributed by atoms with E-state index in [1.165, 1.54) is 0 Å². The molecule has 2 aromatic rings. The van der Waals surface area contributed by atoms with Crippen LogP contribution in [-0.4, -0.2) is 31.1 Å². The molecule has 0 unspecified atom stereocenters.